The van der Waals surface area contributed by atoms with Gasteiger partial charge in [0.2, 0.25) is 5.91 Å². The van der Waals surface area contributed by atoms with Crippen molar-refractivity contribution in [1.82, 2.24) is 10.6 Å². The summed E-state index contributed by atoms with van der Waals surface area (Å²) in [6.45, 7) is 3.59. The van der Waals surface area contributed by atoms with Crippen LogP contribution >= 0.6 is 0 Å². The number of amides is 1. The summed E-state index contributed by atoms with van der Waals surface area (Å²) >= 11 is 0. The molecule has 1 aliphatic carbocycles. The number of benzene rings is 1. The van der Waals surface area contributed by atoms with E-state index in [4.69, 9.17) is 4.74 Å². The van der Waals surface area contributed by atoms with Crippen LogP contribution in [0.4, 0.5) is 0 Å². The Morgan fingerprint density at radius 1 is 1.32 bits per heavy atom. The second-order valence-corrected chi connectivity index (χ2v) is 5.01. The number of ether oxygens (including phenoxy) is 1. The van der Waals surface area contributed by atoms with E-state index in [1.807, 2.05) is 12.1 Å². The minimum atomic E-state index is 0.207. The Hall–Kier alpha value is -1.55. The zero-order valence-corrected chi connectivity index (χ0v) is 11.6. The third kappa shape index (κ3) is 4.24. The lowest BCUT2D eigenvalue weighted by atomic mass is 10.1. The molecule has 0 heterocycles. The van der Waals surface area contributed by atoms with E-state index in [0.29, 0.717) is 12.5 Å². The Bertz CT molecular complexity index is 413. The van der Waals surface area contributed by atoms with Crippen LogP contribution in [0.1, 0.15) is 31.4 Å². The second kappa shape index (κ2) is 6.57. The molecule has 19 heavy (non-hydrogen) atoms. The van der Waals surface area contributed by atoms with Crippen LogP contribution in [0.3, 0.4) is 0 Å². The van der Waals surface area contributed by atoms with Crippen LogP contribution in [0.2, 0.25) is 0 Å². The summed E-state index contributed by atoms with van der Waals surface area (Å²) in [5.41, 5.74) is 1.22. The minimum absolute atomic E-state index is 0.207. The third-order valence-corrected chi connectivity index (χ3v) is 3.44. The lowest BCUT2D eigenvalue weighted by Crippen LogP contribution is -2.33. The average Bonchev–Trinajstić information content (AvgIpc) is 3.27. The number of methoxy groups -OCH3 is 1. The summed E-state index contributed by atoms with van der Waals surface area (Å²) in [5.74, 6) is 1.37. The Morgan fingerprint density at radius 3 is 2.58 bits per heavy atom. The summed E-state index contributed by atoms with van der Waals surface area (Å²) in [6.07, 6.45) is 2.11. The van der Waals surface area contributed by atoms with Gasteiger partial charge in [0.05, 0.1) is 7.11 Å². The maximum absolute atomic E-state index is 11.4. The van der Waals surface area contributed by atoms with Crippen molar-refractivity contribution in [1.29, 1.82) is 0 Å². The van der Waals surface area contributed by atoms with E-state index in [2.05, 4.69) is 29.7 Å². The maximum atomic E-state index is 11.4. The Morgan fingerprint density at radius 2 is 2.00 bits per heavy atom. The largest absolute Gasteiger partial charge is 0.497 e. The molecule has 2 N–H and O–H groups in total. The smallest absolute Gasteiger partial charge is 0.223 e. The van der Waals surface area contributed by atoms with E-state index in [1.54, 1.807) is 7.11 Å². The molecule has 1 amide bonds. The van der Waals surface area contributed by atoms with Crippen molar-refractivity contribution in [2.75, 3.05) is 20.2 Å². The molecule has 0 saturated heterocycles. The Kier molecular flexibility index (Phi) is 4.80. The first-order valence-electron chi connectivity index (χ1n) is 6.85. The molecule has 1 fully saturated rings. The number of hydrogen-bond acceptors (Lipinski definition) is 3. The van der Waals surface area contributed by atoms with Gasteiger partial charge in [0, 0.05) is 25.0 Å². The molecule has 1 saturated carbocycles. The summed E-state index contributed by atoms with van der Waals surface area (Å²) in [4.78, 5) is 11.4. The zero-order chi connectivity index (χ0) is 13.7. The first-order chi connectivity index (χ1) is 9.20. The first kappa shape index (κ1) is 13.9. The number of rotatable bonds is 7. The molecular weight excluding hydrogens is 240 g/mol. The van der Waals surface area contributed by atoms with Crippen molar-refractivity contribution in [2.45, 2.75) is 25.8 Å². The zero-order valence-electron chi connectivity index (χ0n) is 11.6. The summed E-state index contributed by atoms with van der Waals surface area (Å²) in [6, 6.07) is 8.30. The van der Waals surface area contributed by atoms with Crippen LogP contribution in [0.15, 0.2) is 24.3 Å². The van der Waals surface area contributed by atoms with Crippen molar-refractivity contribution in [3.63, 3.8) is 0 Å². The van der Waals surface area contributed by atoms with Gasteiger partial charge in [-0.1, -0.05) is 12.1 Å². The molecule has 2 rings (SSSR count). The van der Waals surface area contributed by atoms with E-state index in [0.717, 1.165) is 25.1 Å². The quantitative estimate of drug-likeness (QED) is 0.738. The van der Waals surface area contributed by atoms with Gasteiger partial charge in [-0.05, 0) is 37.5 Å². The fraction of sp³-hybridized carbons (Fsp3) is 0.533. The molecule has 0 aliphatic heterocycles. The fourth-order valence-electron chi connectivity index (χ4n) is 1.97. The topological polar surface area (TPSA) is 50.4 Å². The number of hydrogen-bond donors (Lipinski definition) is 2. The maximum Gasteiger partial charge on any atom is 0.223 e. The van der Waals surface area contributed by atoms with Gasteiger partial charge in [-0.3, -0.25) is 4.79 Å². The van der Waals surface area contributed by atoms with Crippen LogP contribution in [0, 0.1) is 5.92 Å². The van der Waals surface area contributed by atoms with Gasteiger partial charge in [-0.2, -0.15) is 0 Å². The Labute approximate surface area is 114 Å². The SMILES string of the molecule is COc1ccc(C(C)NCCNC(=O)C2CC2)cc1. The van der Waals surface area contributed by atoms with Gasteiger partial charge in [-0.25, -0.2) is 0 Å². The molecule has 4 heteroatoms. The third-order valence-electron chi connectivity index (χ3n) is 3.44. The van der Waals surface area contributed by atoms with Gasteiger partial charge >= 0.3 is 0 Å². The molecule has 0 radical (unpaired) electrons. The van der Waals surface area contributed by atoms with Crippen LogP contribution in [0.5, 0.6) is 5.75 Å². The van der Waals surface area contributed by atoms with E-state index >= 15 is 0 Å². The van der Waals surface area contributed by atoms with E-state index in [-0.39, 0.29) is 11.9 Å². The van der Waals surface area contributed by atoms with E-state index in [9.17, 15) is 4.79 Å². The summed E-state index contributed by atoms with van der Waals surface area (Å²) in [5, 5.41) is 6.34. The summed E-state index contributed by atoms with van der Waals surface area (Å²) in [7, 11) is 1.67. The van der Waals surface area contributed by atoms with Gasteiger partial charge in [0.1, 0.15) is 5.75 Å². The van der Waals surface area contributed by atoms with Crippen molar-refractivity contribution in [2.24, 2.45) is 5.92 Å². The van der Waals surface area contributed by atoms with Crippen LogP contribution < -0.4 is 15.4 Å². The number of carbonyl (C=O) groups is 1. The van der Waals surface area contributed by atoms with Crippen molar-refractivity contribution in [3.05, 3.63) is 29.8 Å². The molecule has 4 nitrogen and oxygen atoms in total. The lowest BCUT2D eigenvalue weighted by molar-refractivity contribution is -0.122. The second-order valence-electron chi connectivity index (χ2n) is 5.01. The highest BCUT2D eigenvalue weighted by Crippen LogP contribution is 2.28. The van der Waals surface area contributed by atoms with Gasteiger partial charge in [0.25, 0.3) is 0 Å². The van der Waals surface area contributed by atoms with Crippen molar-refractivity contribution in [3.8, 4) is 5.75 Å². The minimum Gasteiger partial charge on any atom is -0.497 e. The van der Waals surface area contributed by atoms with Crippen molar-refractivity contribution >= 4 is 5.91 Å². The number of nitrogens with one attached hydrogen (secondary N) is 2. The highest BCUT2D eigenvalue weighted by atomic mass is 16.5. The predicted molar refractivity (Wildman–Crippen MR) is 75.1 cm³/mol. The number of carbonyl (C=O) groups excluding carboxylic acids is 1. The molecule has 1 aliphatic rings. The summed E-state index contributed by atoms with van der Waals surface area (Å²) < 4.78 is 5.13. The Balaban J connectivity index is 1.67. The van der Waals surface area contributed by atoms with Gasteiger partial charge < -0.3 is 15.4 Å². The fourth-order valence-corrected chi connectivity index (χ4v) is 1.97. The molecule has 0 bridgehead atoms. The predicted octanol–water partition coefficient (Wildman–Crippen LogP) is 1.87. The van der Waals surface area contributed by atoms with Crippen LogP contribution in [-0.4, -0.2) is 26.1 Å². The molecule has 1 unspecified atom stereocenters. The molecule has 0 aromatic heterocycles. The first-order valence-corrected chi connectivity index (χ1v) is 6.85. The lowest BCUT2D eigenvalue weighted by Gasteiger charge is -2.15. The highest BCUT2D eigenvalue weighted by Gasteiger charge is 2.28. The molecule has 1 aromatic rings. The normalized spacial score (nSPS) is 15.9. The molecule has 0 spiro atoms. The van der Waals surface area contributed by atoms with E-state index < -0.39 is 0 Å². The van der Waals surface area contributed by atoms with Gasteiger partial charge in [0.15, 0.2) is 0 Å². The highest BCUT2D eigenvalue weighted by molar-refractivity contribution is 5.80. The molecule has 1 aromatic carbocycles. The average molecular weight is 262 g/mol. The van der Waals surface area contributed by atoms with Crippen molar-refractivity contribution < 1.29 is 9.53 Å². The van der Waals surface area contributed by atoms with E-state index in [1.165, 1.54) is 5.56 Å². The van der Waals surface area contributed by atoms with Crippen LogP contribution in [-0.2, 0) is 4.79 Å². The molecule has 104 valence electrons. The monoisotopic (exact) mass is 262 g/mol. The molecule has 1 atom stereocenters. The molecular formula is C15H22N2O2. The van der Waals surface area contributed by atoms with Gasteiger partial charge in [-0.15, -0.1) is 0 Å². The van der Waals surface area contributed by atoms with Crippen LogP contribution in [0.25, 0.3) is 0 Å². The standard InChI is InChI=1S/C15H22N2O2/c1-11(12-5-7-14(19-2)8-6-12)16-9-10-17-15(18)13-3-4-13/h5-8,11,13,16H,3-4,9-10H2,1-2H3,(H,17,18).